The van der Waals surface area contributed by atoms with Crippen molar-refractivity contribution in [2.45, 2.75) is 20.0 Å². The van der Waals surface area contributed by atoms with Gasteiger partial charge in [-0.3, -0.25) is 0 Å². The van der Waals surface area contributed by atoms with E-state index in [0.29, 0.717) is 6.54 Å². The van der Waals surface area contributed by atoms with Crippen molar-refractivity contribution in [2.24, 2.45) is 4.99 Å². The molecule has 0 aliphatic heterocycles. The van der Waals surface area contributed by atoms with E-state index < -0.39 is 0 Å². The number of nitrogens with zero attached hydrogens (tertiary/aromatic N) is 1. The highest BCUT2D eigenvalue weighted by molar-refractivity contribution is 5.79. The topological polar surface area (TPSA) is 36.4 Å². The fraction of sp³-hybridized carbons (Fsp3) is 0.235. The van der Waals surface area contributed by atoms with E-state index in [2.05, 4.69) is 46.8 Å². The Balaban J connectivity index is 1.92. The molecule has 0 radical (unpaired) electrons. The lowest BCUT2D eigenvalue weighted by Crippen LogP contribution is -2.36. The molecule has 0 aliphatic rings. The fourth-order valence-electron chi connectivity index (χ4n) is 1.88. The summed E-state index contributed by atoms with van der Waals surface area (Å²) in [6.07, 6.45) is 0. The normalized spacial score (nSPS) is 11.2. The highest BCUT2D eigenvalue weighted by atomic mass is 15.2. The molecule has 0 heterocycles. The van der Waals surface area contributed by atoms with Crippen molar-refractivity contribution in [3.05, 3.63) is 71.8 Å². The molecule has 0 aliphatic carbocycles. The SMILES string of the molecule is CCNC(=NCc1ccccc1)NCc1ccccc1. The minimum Gasteiger partial charge on any atom is -0.357 e. The molecule has 0 fully saturated rings. The molecule has 0 amide bonds. The third kappa shape index (κ3) is 4.76. The first-order valence-electron chi connectivity index (χ1n) is 6.98. The summed E-state index contributed by atoms with van der Waals surface area (Å²) < 4.78 is 0. The molecule has 2 aromatic carbocycles. The molecular formula is C17H21N3. The predicted octanol–water partition coefficient (Wildman–Crippen LogP) is 2.94. The molecule has 3 nitrogen and oxygen atoms in total. The van der Waals surface area contributed by atoms with E-state index in [9.17, 15) is 0 Å². The average molecular weight is 267 g/mol. The van der Waals surface area contributed by atoms with Crippen molar-refractivity contribution >= 4 is 5.96 Å². The van der Waals surface area contributed by atoms with Crippen LogP contribution >= 0.6 is 0 Å². The Morgan fingerprint density at radius 1 is 0.850 bits per heavy atom. The third-order valence-corrected chi connectivity index (χ3v) is 2.91. The van der Waals surface area contributed by atoms with Crippen molar-refractivity contribution in [2.75, 3.05) is 6.54 Å². The van der Waals surface area contributed by atoms with Crippen molar-refractivity contribution in [3.63, 3.8) is 0 Å². The lowest BCUT2D eigenvalue weighted by atomic mass is 10.2. The zero-order valence-electron chi connectivity index (χ0n) is 11.8. The molecular weight excluding hydrogens is 246 g/mol. The van der Waals surface area contributed by atoms with E-state index in [0.717, 1.165) is 19.0 Å². The molecule has 104 valence electrons. The van der Waals surface area contributed by atoms with Crippen LogP contribution in [0.5, 0.6) is 0 Å². The van der Waals surface area contributed by atoms with Crippen molar-refractivity contribution in [1.29, 1.82) is 0 Å². The molecule has 0 bridgehead atoms. The zero-order valence-corrected chi connectivity index (χ0v) is 11.8. The smallest absolute Gasteiger partial charge is 0.191 e. The first-order valence-corrected chi connectivity index (χ1v) is 6.98. The van der Waals surface area contributed by atoms with Crippen LogP contribution in [-0.4, -0.2) is 12.5 Å². The van der Waals surface area contributed by atoms with Gasteiger partial charge in [0, 0.05) is 13.1 Å². The van der Waals surface area contributed by atoms with E-state index in [1.807, 2.05) is 36.4 Å². The Bertz CT molecular complexity index is 520. The molecule has 0 saturated carbocycles. The maximum Gasteiger partial charge on any atom is 0.191 e. The van der Waals surface area contributed by atoms with Gasteiger partial charge in [0.25, 0.3) is 0 Å². The molecule has 3 heteroatoms. The molecule has 0 saturated heterocycles. The van der Waals surface area contributed by atoms with E-state index in [1.54, 1.807) is 0 Å². The maximum atomic E-state index is 4.59. The van der Waals surface area contributed by atoms with Crippen LogP contribution in [0.25, 0.3) is 0 Å². The Morgan fingerprint density at radius 2 is 1.45 bits per heavy atom. The third-order valence-electron chi connectivity index (χ3n) is 2.91. The second-order valence-corrected chi connectivity index (χ2v) is 4.52. The van der Waals surface area contributed by atoms with Crippen LogP contribution in [-0.2, 0) is 13.1 Å². The Labute approximate surface area is 120 Å². The van der Waals surface area contributed by atoms with Gasteiger partial charge in [0.2, 0.25) is 0 Å². The number of hydrogen-bond acceptors (Lipinski definition) is 1. The molecule has 2 rings (SSSR count). The van der Waals surface area contributed by atoms with Crippen LogP contribution < -0.4 is 10.6 Å². The van der Waals surface area contributed by atoms with Crippen LogP contribution in [0.3, 0.4) is 0 Å². The van der Waals surface area contributed by atoms with E-state index in [4.69, 9.17) is 0 Å². The van der Waals surface area contributed by atoms with Gasteiger partial charge in [0.1, 0.15) is 0 Å². The zero-order chi connectivity index (χ0) is 14.0. The number of aliphatic imine (C=N–C) groups is 1. The number of rotatable bonds is 5. The largest absolute Gasteiger partial charge is 0.357 e. The van der Waals surface area contributed by atoms with Gasteiger partial charge in [0.05, 0.1) is 6.54 Å². The monoisotopic (exact) mass is 267 g/mol. The second-order valence-electron chi connectivity index (χ2n) is 4.52. The maximum absolute atomic E-state index is 4.59. The standard InChI is InChI=1S/C17H21N3/c1-2-18-17(19-13-15-9-5-3-6-10-15)20-14-16-11-7-4-8-12-16/h3-12H,2,13-14H2,1H3,(H2,18,19,20). The van der Waals surface area contributed by atoms with Gasteiger partial charge < -0.3 is 10.6 Å². The second kappa shape index (κ2) is 8.00. The first-order chi connectivity index (χ1) is 9.88. The molecule has 2 aromatic rings. The minimum absolute atomic E-state index is 0.685. The first kappa shape index (κ1) is 14.1. The quantitative estimate of drug-likeness (QED) is 0.645. The lowest BCUT2D eigenvalue weighted by molar-refractivity contribution is 0.816. The van der Waals surface area contributed by atoms with Gasteiger partial charge in [-0.1, -0.05) is 60.7 Å². The summed E-state index contributed by atoms with van der Waals surface area (Å²) in [6.45, 7) is 4.39. The Morgan fingerprint density at radius 3 is 2.05 bits per heavy atom. The van der Waals surface area contributed by atoms with Gasteiger partial charge in [0.15, 0.2) is 5.96 Å². The predicted molar refractivity (Wildman–Crippen MR) is 84.5 cm³/mol. The summed E-state index contributed by atoms with van der Waals surface area (Å²) in [7, 11) is 0. The van der Waals surface area contributed by atoms with Crippen molar-refractivity contribution < 1.29 is 0 Å². The summed E-state index contributed by atoms with van der Waals surface area (Å²) in [5, 5.41) is 6.61. The molecule has 0 atom stereocenters. The van der Waals surface area contributed by atoms with Crippen LogP contribution in [0.15, 0.2) is 65.7 Å². The average Bonchev–Trinajstić information content (AvgIpc) is 2.52. The fourth-order valence-corrected chi connectivity index (χ4v) is 1.88. The minimum atomic E-state index is 0.685. The molecule has 2 N–H and O–H groups in total. The lowest BCUT2D eigenvalue weighted by Gasteiger charge is -2.11. The van der Waals surface area contributed by atoms with E-state index in [1.165, 1.54) is 11.1 Å². The Kier molecular flexibility index (Phi) is 5.65. The van der Waals surface area contributed by atoms with Gasteiger partial charge in [-0.2, -0.15) is 0 Å². The summed E-state index contributed by atoms with van der Waals surface area (Å²) in [4.78, 5) is 4.59. The van der Waals surface area contributed by atoms with Crippen LogP contribution in [0, 0.1) is 0 Å². The number of nitrogens with one attached hydrogen (secondary N) is 2. The van der Waals surface area contributed by atoms with Gasteiger partial charge in [-0.25, -0.2) is 4.99 Å². The Hall–Kier alpha value is -2.29. The van der Waals surface area contributed by atoms with Crippen molar-refractivity contribution in [1.82, 2.24) is 10.6 Å². The molecule has 0 spiro atoms. The molecule has 20 heavy (non-hydrogen) atoms. The molecule has 0 aromatic heterocycles. The van der Waals surface area contributed by atoms with E-state index in [-0.39, 0.29) is 0 Å². The highest BCUT2D eigenvalue weighted by Crippen LogP contribution is 2.00. The highest BCUT2D eigenvalue weighted by Gasteiger charge is 1.97. The van der Waals surface area contributed by atoms with Crippen LogP contribution in [0.1, 0.15) is 18.1 Å². The van der Waals surface area contributed by atoms with Gasteiger partial charge in [-0.15, -0.1) is 0 Å². The van der Waals surface area contributed by atoms with Crippen LogP contribution in [0.4, 0.5) is 0 Å². The molecule has 0 unspecified atom stereocenters. The summed E-state index contributed by atoms with van der Waals surface area (Å²) in [5.41, 5.74) is 2.46. The van der Waals surface area contributed by atoms with Gasteiger partial charge >= 0.3 is 0 Å². The van der Waals surface area contributed by atoms with Crippen LogP contribution in [0.2, 0.25) is 0 Å². The summed E-state index contributed by atoms with van der Waals surface area (Å²) in [5.74, 6) is 0.847. The summed E-state index contributed by atoms with van der Waals surface area (Å²) >= 11 is 0. The number of hydrogen-bond donors (Lipinski definition) is 2. The van der Waals surface area contributed by atoms with Crippen molar-refractivity contribution in [3.8, 4) is 0 Å². The summed E-state index contributed by atoms with van der Waals surface area (Å²) in [6, 6.07) is 20.6. The number of benzene rings is 2. The number of guanidine groups is 1. The van der Waals surface area contributed by atoms with Gasteiger partial charge in [-0.05, 0) is 18.1 Å². The van der Waals surface area contributed by atoms with E-state index >= 15 is 0 Å².